The van der Waals surface area contributed by atoms with Crippen LogP contribution in [0.15, 0.2) is 29.1 Å². The fourth-order valence-corrected chi connectivity index (χ4v) is 3.96. The topological polar surface area (TPSA) is 65.2 Å². The van der Waals surface area contributed by atoms with E-state index in [1.165, 1.54) is 32.1 Å². The Morgan fingerprint density at radius 3 is 2.78 bits per heavy atom. The number of carbonyl (C=O) groups is 1. The first-order valence-corrected chi connectivity index (χ1v) is 10.1. The van der Waals surface area contributed by atoms with Crippen molar-refractivity contribution in [2.24, 2.45) is 0 Å². The largest absolute Gasteiger partial charge is 0.355 e. The van der Waals surface area contributed by atoms with Crippen molar-refractivity contribution in [1.29, 1.82) is 0 Å². The molecule has 1 aromatic heterocycles. The van der Waals surface area contributed by atoms with Crippen molar-refractivity contribution in [2.75, 3.05) is 20.1 Å². The molecule has 2 aromatic rings. The van der Waals surface area contributed by atoms with Gasteiger partial charge in [0.15, 0.2) is 0 Å². The zero-order valence-electron chi connectivity index (χ0n) is 16.5. The summed E-state index contributed by atoms with van der Waals surface area (Å²) >= 11 is 0. The predicted molar refractivity (Wildman–Crippen MR) is 110 cm³/mol. The van der Waals surface area contributed by atoms with Crippen molar-refractivity contribution in [2.45, 2.75) is 57.9 Å². The minimum atomic E-state index is -0.0991. The van der Waals surface area contributed by atoms with E-state index in [-0.39, 0.29) is 11.5 Å². The number of hydrogen-bond acceptors (Lipinski definition) is 3. The summed E-state index contributed by atoms with van der Waals surface area (Å²) in [7, 11) is 2.15. The smallest absolute Gasteiger partial charge is 0.251 e. The molecule has 1 amide bonds. The number of aromatic amines is 1. The number of pyridine rings is 1. The highest BCUT2D eigenvalue weighted by Crippen LogP contribution is 2.21. The van der Waals surface area contributed by atoms with Gasteiger partial charge in [0.25, 0.3) is 5.56 Å². The first-order chi connectivity index (χ1) is 13.0. The normalized spacial score (nSPS) is 15.4. The van der Waals surface area contributed by atoms with Crippen LogP contribution in [0.3, 0.4) is 0 Å². The highest BCUT2D eigenvalue weighted by atomic mass is 16.1. The summed E-state index contributed by atoms with van der Waals surface area (Å²) < 4.78 is 0. The van der Waals surface area contributed by atoms with Gasteiger partial charge in [0.1, 0.15) is 0 Å². The minimum Gasteiger partial charge on any atom is -0.355 e. The molecule has 2 N–H and O–H groups in total. The lowest BCUT2D eigenvalue weighted by molar-refractivity contribution is -0.121. The zero-order valence-corrected chi connectivity index (χ0v) is 16.5. The second-order valence-electron chi connectivity index (χ2n) is 7.84. The molecular weight excluding hydrogens is 338 g/mol. The minimum absolute atomic E-state index is 0.00967. The Labute approximate surface area is 161 Å². The van der Waals surface area contributed by atoms with Crippen LogP contribution in [0.1, 0.15) is 49.7 Å². The number of aryl methyl sites for hydroxylation is 2. The number of fused-ring (bicyclic) bond motifs is 1. The number of carbonyl (C=O) groups excluding carboxylic acids is 1. The Hall–Kier alpha value is -2.14. The summed E-state index contributed by atoms with van der Waals surface area (Å²) in [4.78, 5) is 29.7. The van der Waals surface area contributed by atoms with Crippen LogP contribution in [-0.2, 0) is 11.2 Å². The third-order valence-electron chi connectivity index (χ3n) is 5.68. The lowest BCUT2D eigenvalue weighted by atomic mass is 9.94. The third kappa shape index (κ3) is 5.42. The fourth-order valence-electron chi connectivity index (χ4n) is 3.96. The highest BCUT2D eigenvalue weighted by molar-refractivity contribution is 5.80. The van der Waals surface area contributed by atoms with Crippen LogP contribution in [0.2, 0.25) is 0 Å². The Bertz CT molecular complexity index is 837. The van der Waals surface area contributed by atoms with Gasteiger partial charge in [-0.2, -0.15) is 0 Å². The van der Waals surface area contributed by atoms with E-state index in [1.807, 2.05) is 31.2 Å². The molecule has 0 bridgehead atoms. The van der Waals surface area contributed by atoms with E-state index in [2.05, 4.69) is 22.2 Å². The number of aromatic nitrogens is 1. The van der Waals surface area contributed by atoms with Gasteiger partial charge in [-0.3, -0.25) is 9.59 Å². The van der Waals surface area contributed by atoms with Gasteiger partial charge in [-0.15, -0.1) is 0 Å². The highest BCUT2D eigenvalue weighted by Gasteiger charge is 2.17. The molecule has 1 saturated carbocycles. The molecule has 1 heterocycles. The first-order valence-electron chi connectivity index (χ1n) is 10.1. The van der Waals surface area contributed by atoms with Crippen LogP contribution in [0.5, 0.6) is 0 Å². The quantitative estimate of drug-likeness (QED) is 0.788. The van der Waals surface area contributed by atoms with Gasteiger partial charge < -0.3 is 15.2 Å². The van der Waals surface area contributed by atoms with Gasteiger partial charge >= 0.3 is 0 Å². The molecule has 0 aliphatic heterocycles. The summed E-state index contributed by atoms with van der Waals surface area (Å²) in [5.41, 5.74) is 2.53. The Balaban J connectivity index is 1.46. The number of hydrogen-bond donors (Lipinski definition) is 2. The standard InChI is InChI=1S/C22H31N3O2/c1-16-8-9-17-15-18(22(27)24-20(17)14-16)10-11-21(26)23-12-13-25(2)19-6-4-3-5-7-19/h8-9,14-15,19H,3-7,10-13H2,1-2H3,(H,23,26)(H,24,27). The Morgan fingerprint density at radius 1 is 1.22 bits per heavy atom. The van der Waals surface area contributed by atoms with E-state index in [1.54, 1.807) is 0 Å². The zero-order chi connectivity index (χ0) is 19.2. The molecule has 5 nitrogen and oxygen atoms in total. The van der Waals surface area contributed by atoms with E-state index < -0.39 is 0 Å². The Kier molecular flexibility index (Phi) is 6.67. The molecule has 0 unspecified atom stereocenters. The summed E-state index contributed by atoms with van der Waals surface area (Å²) in [5, 5.41) is 4.00. The summed E-state index contributed by atoms with van der Waals surface area (Å²) in [6.07, 6.45) is 7.34. The summed E-state index contributed by atoms with van der Waals surface area (Å²) in [5.74, 6) is 0.00967. The molecule has 1 aliphatic carbocycles. The van der Waals surface area contributed by atoms with Crippen molar-refractivity contribution >= 4 is 16.8 Å². The predicted octanol–water partition coefficient (Wildman–Crippen LogP) is 3.15. The van der Waals surface area contributed by atoms with Gasteiger partial charge in [-0.25, -0.2) is 0 Å². The van der Waals surface area contributed by atoms with E-state index in [4.69, 9.17) is 0 Å². The lowest BCUT2D eigenvalue weighted by Crippen LogP contribution is -2.39. The lowest BCUT2D eigenvalue weighted by Gasteiger charge is -2.31. The fraction of sp³-hybridized carbons (Fsp3) is 0.545. The molecule has 1 aliphatic rings. The van der Waals surface area contributed by atoms with Gasteiger partial charge in [-0.1, -0.05) is 31.4 Å². The maximum absolute atomic E-state index is 12.2. The Morgan fingerprint density at radius 2 is 2.00 bits per heavy atom. The first kappa shape index (κ1) is 19.6. The third-order valence-corrected chi connectivity index (χ3v) is 5.68. The van der Waals surface area contributed by atoms with Crippen molar-refractivity contribution in [1.82, 2.24) is 15.2 Å². The molecule has 146 valence electrons. The SMILES string of the molecule is Cc1ccc2cc(CCC(=O)NCCN(C)C3CCCCC3)c(=O)[nH]c2c1. The van der Waals surface area contributed by atoms with Crippen molar-refractivity contribution < 1.29 is 4.79 Å². The molecule has 0 atom stereocenters. The van der Waals surface area contributed by atoms with Gasteiger partial charge in [0.2, 0.25) is 5.91 Å². The van der Waals surface area contributed by atoms with E-state index in [9.17, 15) is 9.59 Å². The molecule has 27 heavy (non-hydrogen) atoms. The second kappa shape index (κ2) is 9.18. The number of likely N-dealkylation sites (N-methyl/N-ethyl adjacent to an activating group) is 1. The van der Waals surface area contributed by atoms with Crippen LogP contribution in [-0.4, -0.2) is 42.0 Å². The summed E-state index contributed by atoms with van der Waals surface area (Å²) in [6.45, 7) is 3.55. The number of amides is 1. The number of benzene rings is 1. The molecule has 5 heteroatoms. The van der Waals surface area contributed by atoms with Crippen molar-refractivity contribution in [3.8, 4) is 0 Å². The monoisotopic (exact) mass is 369 g/mol. The molecular formula is C22H31N3O2. The van der Waals surface area contributed by atoms with Crippen LogP contribution in [0, 0.1) is 6.92 Å². The maximum Gasteiger partial charge on any atom is 0.251 e. The van der Waals surface area contributed by atoms with Crippen LogP contribution >= 0.6 is 0 Å². The van der Waals surface area contributed by atoms with Gasteiger partial charge in [0, 0.05) is 36.6 Å². The molecule has 1 aromatic carbocycles. The van der Waals surface area contributed by atoms with Gasteiger partial charge in [-0.05, 0) is 56.3 Å². The van der Waals surface area contributed by atoms with Crippen molar-refractivity contribution in [3.63, 3.8) is 0 Å². The number of H-pyrrole nitrogens is 1. The maximum atomic E-state index is 12.2. The van der Waals surface area contributed by atoms with E-state index in [0.29, 0.717) is 31.0 Å². The van der Waals surface area contributed by atoms with Crippen molar-refractivity contribution in [3.05, 3.63) is 45.7 Å². The number of nitrogens with one attached hydrogen (secondary N) is 2. The molecule has 1 fully saturated rings. The average Bonchev–Trinajstić information content (AvgIpc) is 2.67. The number of rotatable bonds is 7. The molecule has 3 rings (SSSR count). The van der Waals surface area contributed by atoms with E-state index >= 15 is 0 Å². The number of nitrogens with zero attached hydrogens (tertiary/aromatic N) is 1. The molecule has 0 saturated heterocycles. The van der Waals surface area contributed by atoms with Crippen LogP contribution in [0.25, 0.3) is 10.9 Å². The van der Waals surface area contributed by atoms with Crippen LogP contribution < -0.4 is 10.9 Å². The molecule has 0 spiro atoms. The van der Waals surface area contributed by atoms with E-state index in [0.717, 1.165) is 23.0 Å². The van der Waals surface area contributed by atoms with Crippen LogP contribution in [0.4, 0.5) is 0 Å². The summed E-state index contributed by atoms with van der Waals surface area (Å²) in [6, 6.07) is 8.56. The second-order valence-corrected chi connectivity index (χ2v) is 7.84. The molecule has 0 radical (unpaired) electrons. The average molecular weight is 370 g/mol. The van der Waals surface area contributed by atoms with Gasteiger partial charge in [0.05, 0.1) is 0 Å².